The van der Waals surface area contributed by atoms with Gasteiger partial charge in [-0.3, -0.25) is 4.98 Å². The van der Waals surface area contributed by atoms with Gasteiger partial charge in [0.05, 0.1) is 19.8 Å². The third-order valence-corrected chi connectivity index (χ3v) is 4.53. The zero-order valence-electron chi connectivity index (χ0n) is 15.1. The zero-order chi connectivity index (χ0) is 18.2. The summed E-state index contributed by atoms with van der Waals surface area (Å²) in [6.07, 6.45) is 6.34. The number of nitrogens with zero attached hydrogens (tertiary/aromatic N) is 2. The Morgan fingerprint density at radius 2 is 1.92 bits per heavy atom. The molecule has 2 heterocycles. The molecule has 138 valence electrons. The molecule has 0 bridgehead atoms. The van der Waals surface area contributed by atoms with Crippen molar-refractivity contribution in [1.29, 1.82) is 0 Å². The normalized spacial score (nSPS) is 16.3. The van der Waals surface area contributed by atoms with Gasteiger partial charge in [0.2, 0.25) is 0 Å². The van der Waals surface area contributed by atoms with Crippen LogP contribution in [0.1, 0.15) is 30.9 Å². The van der Waals surface area contributed by atoms with E-state index in [0.29, 0.717) is 13.2 Å². The SMILES string of the molecule is COc1ccc(OCCCNC(=O)N2CCCC2c2ccncc2)cc1. The van der Waals surface area contributed by atoms with E-state index < -0.39 is 0 Å². The van der Waals surface area contributed by atoms with Gasteiger partial charge in [0, 0.05) is 25.5 Å². The molecule has 0 spiro atoms. The van der Waals surface area contributed by atoms with E-state index in [-0.39, 0.29) is 12.1 Å². The van der Waals surface area contributed by atoms with Crippen molar-refractivity contribution in [2.45, 2.75) is 25.3 Å². The molecule has 6 nitrogen and oxygen atoms in total. The number of urea groups is 1. The summed E-state index contributed by atoms with van der Waals surface area (Å²) in [5.74, 6) is 1.60. The van der Waals surface area contributed by atoms with Crippen molar-refractivity contribution in [3.05, 3.63) is 54.4 Å². The van der Waals surface area contributed by atoms with Crippen molar-refractivity contribution >= 4 is 6.03 Å². The fraction of sp³-hybridized carbons (Fsp3) is 0.400. The van der Waals surface area contributed by atoms with Crippen LogP contribution in [0, 0.1) is 0 Å². The Bertz CT molecular complexity index is 691. The van der Waals surface area contributed by atoms with Gasteiger partial charge in [-0.15, -0.1) is 0 Å². The van der Waals surface area contributed by atoms with Gasteiger partial charge < -0.3 is 19.7 Å². The molecule has 3 rings (SSSR count). The minimum absolute atomic E-state index is 0.00578. The van der Waals surface area contributed by atoms with E-state index in [9.17, 15) is 4.79 Å². The molecule has 1 aromatic carbocycles. The molecule has 1 unspecified atom stereocenters. The van der Waals surface area contributed by atoms with Gasteiger partial charge in [-0.1, -0.05) is 0 Å². The maximum absolute atomic E-state index is 12.5. The van der Waals surface area contributed by atoms with Crippen molar-refractivity contribution < 1.29 is 14.3 Å². The first kappa shape index (κ1) is 18.0. The summed E-state index contributed by atoms with van der Waals surface area (Å²) in [6.45, 7) is 1.94. The number of hydrogen-bond donors (Lipinski definition) is 1. The number of benzene rings is 1. The summed E-state index contributed by atoms with van der Waals surface area (Å²) in [6, 6.07) is 11.6. The van der Waals surface area contributed by atoms with Gasteiger partial charge in [0.1, 0.15) is 11.5 Å². The Balaban J connectivity index is 1.39. The van der Waals surface area contributed by atoms with Crippen molar-refractivity contribution in [2.24, 2.45) is 0 Å². The number of amides is 2. The molecule has 2 amide bonds. The second-order valence-corrected chi connectivity index (χ2v) is 6.24. The molecule has 2 aromatic rings. The average Bonchev–Trinajstić information content (AvgIpc) is 3.19. The summed E-state index contributed by atoms with van der Waals surface area (Å²) in [4.78, 5) is 18.4. The lowest BCUT2D eigenvalue weighted by molar-refractivity contribution is 0.192. The van der Waals surface area contributed by atoms with Crippen LogP contribution in [-0.2, 0) is 0 Å². The molecule has 6 heteroatoms. The summed E-state index contributed by atoms with van der Waals surface area (Å²) in [5, 5.41) is 3.00. The molecule has 1 aliphatic rings. The zero-order valence-corrected chi connectivity index (χ0v) is 15.1. The van der Waals surface area contributed by atoms with Gasteiger partial charge in [-0.25, -0.2) is 4.79 Å². The standard InChI is InChI=1S/C20H25N3O3/c1-25-17-5-7-18(8-6-17)26-15-3-11-22-20(24)23-14-2-4-19(23)16-9-12-21-13-10-16/h5-10,12-13,19H,2-4,11,14-15H2,1H3,(H,22,24). The first-order valence-electron chi connectivity index (χ1n) is 8.99. The number of hydrogen-bond acceptors (Lipinski definition) is 4. The van der Waals surface area contributed by atoms with Crippen molar-refractivity contribution in [3.8, 4) is 11.5 Å². The Morgan fingerprint density at radius 1 is 1.19 bits per heavy atom. The molecule has 0 saturated carbocycles. The Kier molecular flexibility index (Phi) is 6.30. The van der Waals surface area contributed by atoms with E-state index in [1.165, 1.54) is 0 Å². The van der Waals surface area contributed by atoms with Crippen LogP contribution in [0.2, 0.25) is 0 Å². The van der Waals surface area contributed by atoms with Crippen LogP contribution >= 0.6 is 0 Å². The number of methoxy groups -OCH3 is 1. The third kappa shape index (κ3) is 4.65. The number of carbonyl (C=O) groups excluding carboxylic acids is 1. The molecule has 1 N–H and O–H groups in total. The first-order chi connectivity index (χ1) is 12.8. The molecule has 1 aliphatic heterocycles. The van der Waals surface area contributed by atoms with E-state index in [1.54, 1.807) is 19.5 Å². The summed E-state index contributed by atoms with van der Waals surface area (Å²) < 4.78 is 10.8. The largest absolute Gasteiger partial charge is 0.497 e. The highest BCUT2D eigenvalue weighted by atomic mass is 16.5. The van der Waals surface area contributed by atoms with Gasteiger partial charge in [0.15, 0.2) is 0 Å². The van der Waals surface area contributed by atoms with Crippen molar-refractivity contribution in [3.63, 3.8) is 0 Å². The van der Waals surface area contributed by atoms with Gasteiger partial charge in [-0.05, 0) is 61.2 Å². The van der Waals surface area contributed by atoms with Gasteiger partial charge >= 0.3 is 6.03 Å². The first-order valence-corrected chi connectivity index (χ1v) is 8.99. The molecule has 1 atom stereocenters. The molecule has 1 aromatic heterocycles. The van der Waals surface area contributed by atoms with Crippen LogP contribution in [0.25, 0.3) is 0 Å². The van der Waals surface area contributed by atoms with Gasteiger partial charge in [-0.2, -0.15) is 0 Å². The monoisotopic (exact) mass is 355 g/mol. The summed E-state index contributed by atoms with van der Waals surface area (Å²) in [7, 11) is 1.64. The fourth-order valence-corrected chi connectivity index (χ4v) is 3.17. The minimum Gasteiger partial charge on any atom is -0.497 e. The van der Waals surface area contributed by atoms with Crippen LogP contribution in [0.5, 0.6) is 11.5 Å². The molecule has 26 heavy (non-hydrogen) atoms. The van der Waals surface area contributed by atoms with Crippen LogP contribution in [0.4, 0.5) is 4.79 Å². The quantitative estimate of drug-likeness (QED) is 0.773. The Morgan fingerprint density at radius 3 is 2.65 bits per heavy atom. The summed E-state index contributed by atoms with van der Waals surface area (Å²) >= 11 is 0. The average molecular weight is 355 g/mol. The lowest BCUT2D eigenvalue weighted by Crippen LogP contribution is -2.40. The molecule has 0 radical (unpaired) electrons. The highest BCUT2D eigenvalue weighted by molar-refractivity contribution is 5.75. The maximum Gasteiger partial charge on any atom is 0.317 e. The van der Waals surface area contributed by atoms with E-state index in [1.807, 2.05) is 41.3 Å². The third-order valence-electron chi connectivity index (χ3n) is 4.53. The topological polar surface area (TPSA) is 63.7 Å². The van der Waals surface area contributed by atoms with Crippen LogP contribution < -0.4 is 14.8 Å². The number of ether oxygens (including phenoxy) is 2. The van der Waals surface area contributed by atoms with E-state index in [4.69, 9.17) is 9.47 Å². The molecule has 0 aliphatic carbocycles. The highest BCUT2D eigenvalue weighted by Crippen LogP contribution is 2.31. The second-order valence-electron chi connectivity index (χ2n) is 6.24. The van der Waals surface area contributed by atoms with Crippen molar-refractivity contribution in [2.75, 3.05) is 26.8 Å². The molecule has 1 fully saturated rings. The Labute approximate surface area is 154 Å². The predicted molar refractivity (Wildman–Crippen MR) is 99.4 cm³/mol. The predicted octanol–water partition coefficient (Wildman–Crippen LogP) is 3.41. The van der Waals surface area contributed by atoms with E-state index in [0.717, 1.165) is 42.9 Å². The van der Waals surface area contributed by atoms with E-state index >= 15 is 0 Å². The lowest BCUT2D eigenvalue weighted by Gasteiger charge is -2.25. The van der Waals surface area contributed by atoms with Crippen molar-refractivity contribution in [1.82, 2.24) is 15.2 Å². The summed E-state index contributed by atoms with van der Waals surface area (Å²) in [5.41, 5.74) is 1.15. The number of likely N-dealkylation sites (tertiary alicyclic amines) is 1. The van der Waals surface area contributed by atoms with Crippen LogP contribution in [-0.4, -0.2) is 42.7 Å². The number of carbonyl (C=O) groups is 1. The van der Waals surface area contributed by atoms with Crippen LogP contribution in [0.3, 0.4) is 0 Å². The number of nitrogens with one attached hydrogen (secondary N) is 1. The van der Waals surface area contributed by atoms with E-state index in [2.05, 4.69) is 10.3 Å². The lowest BCUT2D eigenvalue weighted by atomic mass is 10.1. The van der Waals surface area contributed by atoms with Gasteiger partial charge in [0.25, 0.3) is 0 Å². The number of rotatable bonds is 7. The molecule has 1 saturated heterocycles. The Hall–Kier alpha value is -2.76. The minimum atomic E-state index is -0.00578. The number of aromatic nitrogens is 1. The fourth-order valence-electron chi connectivity index (χ4n) is 3.17. The smallest absolute Gasteiger partial charge is 0.317 e. The highest BCUT2D eigenvalue weighted by Gasteiger charge is 2.29. The maximum atomic E-state index is 12.5. The van der Waals surface area contributed by atoms with Crippen LogP contribution in [0.15, 0.2) is 48.8 Å². The molecular formula is C20H25N3O3. The molecular weight excluding hydrogens is 330 g/mol. The second kappa shape index (κ2) is 9.08. The number of pyridine rings is 1.